The summed E-state index contributed by atoms with van der Waals surface area (Å²) in [4.78, 5) is 68.4. The van der Waals surface area contributed by atoms with Crippen LogP contribution in [0.3, 0.4) is 0 Å². The van der Waals surface area contributed by atoms with Gasteiger partial charge in [-0.3, -0.25) is 28.8 Å². The molecule has 0 radical (unpaired) electrons. The highest BCUT2D eigenvalue weighted by Gasteiger charge is 2.33. The summed E-state index contributed by atoms with van der Waals surface area (Å²) in [6.45, 7) is 21.8. The second-order valence-electron chi connectivity index (χ2n) is 16.0. The molecule has 3 amide bonds. The van der Waals surface area contributed by atoms with Gasteiger partial charge in [-0.1, -0.05) is 53.4 Å². The number of hydrogen-bond donors (Lipinski definition) is 6. The zero-order valence-corrected chi connectivity index (χ0v) is 31.1. The van der Waals surface area contributed by atoms with Crippen LogP contribution >= 0.6 is 0 Å². The van der Waals surface area contributed by atoms with E-state index in [1.54, 1.807) is 0 Å². The Labute approximate surface area is 290 Å². The maximum absolute atomic E-state index is 12.0. The number of ketones is 3. The SMILES string of the molecule is C.CC(C)(C)NC(CC1CCC1)C(=O)C(N)=O.CCCC(NC(C)(C)C)C(=O)C(=O)NC1CC1.CCCC(NC(C)(C)C)C(=O)C(N)=O. The summed E-state index contributed by atoms with van der Waals surface area (Å²) in [7, 11) is 0. The van der Waals surface area contributed by atoms with Crippen molar-refractivity contribution in [3.8, 4) is 0 Å². The zero-order chi connectivity index (χ0) is 36.8. The number of rotatable bonds is 16. The van der Waals surface area contributed by atoms with Crippen LogP contribution in [0, 0.1) is 5.92 Å². The lowest BCUT2D eigenvalue weighted by atomic mass is 9.79. The molecule has 12 nitrogen and oxygen atoms in total. The minimum Gasteiger partial charge on any atom is -0.363 e. The van der Waals surface area contributed by atoms with Crippen molar-refractivity contribution in [3.05, 3.63) is 0 Å². The molecule has 2 saturated carbocycles. The van der Waals surface area contributed by atoms with Gasteiger partial charge in [0, 0.05) is 22.7 Å². The second-order valence-corrected chi connectivity index (χ2v) is 16.0. The monoisotopic (exact) mass is 683 g/mol. The third kappa shape index (κ3) is 22.0. The standard InChI is InChI=1S/C13H24N2O2.C12H22N2O2.C10H20N2O2.CH4/c1-5-6-10(15-13(2,3)4)11(16)12(17)14-9-7-8-9;1-12(2,3)14-9(10(15)11(13)16)7-8-5-4-6-8;1-5-6-7(8(13)9(11)14)12-10(2,3)4;/h9-10,15H,5-8H2,1-4H3,(H,14,17);8-9,14H,4-7H2,1-3H3,(H2,13,16);7,12H,5-6H2,1-4H3,(H2,11,14);1H4. The van der Waals surface area contributed by atoms with Gasteiger partial charge in [0.2, 0.25) is 17.3 Å². The van der Waals surface area contributed by atoms with Crippen molar-refractivity contribution in [2.24, 2.45) is 17.4 Å². The van der Waals surface area contributed by atoms with E-state index in [4.69, 9.17) is 11.5 Å². The predicted molar refractivity (Wildman–Crippen MR) is 193 cm³/mol. The lowest BCUT2D eigenvalue weighted by Crippen LogP contribution is -2.52. The van der Waals surface area contributed by atoms with Crippen molar-refractivity contribution in [1.29, 1.82) is 0 Å². The van der Waals surface area contributed by atoms with Gasteiger partial charge in [-0.25, -0.2) is 0 Å². The Bertz CT molecular complexity index is 1050. The molecule has 0 aromatic rings. The number of amides is 3. The summed E-state index contributed by atoms with van der Waals surface area (Å²) in [5, 5.41) is 12.2. The van der Waals surface area contributed by atoms with Gasteiger partial charge in [-0.15, -0.1) is 0 Å². The normalized spacial score (nSPS) is 16.6. The van der Waals surface area contributed by atoms with Crippen LogP contribution in [0.2, 0.25) is 0 Å². The molecule has 2 fully saturated rings. The fraction of sp³-hybridized carbons (Fsp3) is 0.833. The number of carbonyl (C=O) groups is 6. The fourth-order valence-electron chi connectivity index (χ4n) is 4.96. The molecule has 0 saturated heterocycles. The van der Waals surface area contributed by atoms with Gasteiger partial charge >= 0.3 is 0 Å². The molecule has 0 aromatic heterocycles. The van der Waals surface area contributed by atoms with E-state index < -0.39 is 41.4 Å². The van der Waals surface area contributed by atoms with Crippen LogP contribution in [0.25, 0.3) is 0 Å². The van der Waals surface area contributed by atoms with Gasteiger partial charge < -0.3 is 32.7 Å². The Morgan fingerprint density at radius 2 is 0.958 bits per heavy atom. The van der Waals surface area contributed by atoms with E-state index in [1.165, 1.54) is 6.42 Å². The van der Waals surface area contributed by atoms with E-state index in [1.807, 2.05) is 76.2 Å². The highest BCUT2D eigenvalue weighted by atomic mass is 16.2. The predicted octanol–water partition coefficient (Wildman–Crippen LogP) is 3.61. The minimum atomic E-state index is -0.861. The Kier molecular flexibility index (Phi) is 21.1. The molecule has 0 bridgehead atoms. The molecular formula is C36H70N6O6. The van der Waals surface area contributed by atoms with Crippen molar-refractivity contribution in [3.63, 3.8) is 0 Å². The average Bonchev–Trinajstić information content (AvgIpc) is 3.70. The molecule has 48 heavy (non-hydrogen) atoms. The number of hydrogen-bond acceptors (Lipinski definition) is 9. The first kappa shape index (κ1) is 47.4. The van der Waals surface area contributed by atoms with Gasteiger partial charge in [0.15, 0.2) is 0 Å². The first-order chi connectivity index (χ1) is 21.4. The van der Waals surface area contributed by atoms with Crippen LogP contribution in [-0.2, 0) is 28.8 Å². The number of Topliss-reactive ketones (excluding diaryl/α,β-unsaturated/α-hetero) is 3. The average molecular weight is 683 g/mol. The summed E-state index contributed by atoms with van der Waals surface area (Å²) in [5.41, 5.74) is 9.49. The van der Waals surface area contributed by atoms with Crippen molar-refractivity contribution in [2.75, 3.05) is 0 Å². The van der Waals surface area contributed by atoms with Crippen LogP contribution in [0.15, 0.2) is 0 Å². The highest BCUT2D eigenvalue weighted by Crippen LogP contribution is 2.31. The number of nitrogens with two attached hydrogens (primary N) is 2. The van der Waals surface area contributed by atoms with Crippen LogP contribution in [0.4, 0.5) is 0 Å². The van der Waals surface area contributed by atoms with Crippen LogP contribution in [0.5, 0.6) is 0 Å². The van der Waals surface area contributed by atoms with Gasteiger partial charge in [-0.2, -0.15) is 0 Å². The molecular weight excluding hydrogens is 612 g/mol. The Hall–Kier alpha value is -2.70. The third-order valence-corrected chi connectivity index (χ3v) is 7.34. The quantitative estimate of drug-likeness (QED) is 0.132. The van der Waals surface area contributed by atoms with Crippen molar-refractivity contribution in [2.45, 2.75) is 189 Å². The lowest BCUT2D eigenvalue weighted by molar-refractivity contribution is -0.139. The van der Waals surface area contributed by atoms with Gasteiger partial charge in [0.05, 0.1) is 18.1 Å². The molecule has 3 atom stereocenters. The molecule has 2 rings (SSSR count). The smallest absolute Gasteiger partial charge is 0.289 e. The van der Waals surface area contributed by atoms with Gasteiger partial charge in [0.25, 0.3) is 17.7 Å². The van der Waals surface area contributed by atoms with E-state index in [-0.39, 0.29) is 41.9 Å². The summed E-state index contributed by atoms with van der Waals surface area (Å²) >= 11 is 0. The summed E-state index contributed by atoms with van der Waals surface area (Å²) in [5.74, 6) is -2.88. The molecule has 0 spiro atoms. The summed E-state index contributed by atoms with van der Waals surface area (Å²) < 4.78 is 0. The zero-order valence-electron chi connectivity index (χ0n) is 31.1. The van der Waals surface area contributed by atoms with E-state index in [0.717, 1.165) is 44.9 Å². The minimum absolute atomic E-state index is 0. The first-order valence-corrected chi connectivity index (χ1v) is 17.3. The van der Waals surface area contributed by atoms with Crippen molar-refractivity contribution in [1.82, 2.24) is 21.3 Å². The molecule has 0 aliphatic heterocycles. The van der Waals surface area contributed by atoms with E-state index in [2.05, 4.69) is 21.3 Å². The summed E-state index contributed by atoms with van der Waals surface area (Å²) in [6.07, 6.45) is 9.37. The Morgan fingerprint density at radius 3 is 1.25 bits per heavy atom. The number of primary amides is 2. The Morgan fingerprint density at radius 1 is 0.604 bits per heavy atom. The molecule has 3 unspecified atom stereocenters. The molecule has 2 aliphatic carbocycles. The van der Waals surface area contributed by atoms with E-state index in [9.17, 15) is 28.8 Å². The third-order valence-electron chi connectivity index (χ3n) is 7.34. The van der Waals surface area contributed by atoms with E-state index in [0.29, 0.717) is 18.8 Å². The second kappa shape index (κ2) is 21.4. The van der Waals surface area contributed by atoms with Crippen molar-refractivity contribution < 1.29 is 28.8 Å². The molecule has 0 aromatic carbocycles. The maximum Gasteiger partial charge on any atom is 0.289 e. The topological polar surface area (TPSA) is 203 Å². The molecule has 2 aliphatic rings. The van der Waals surface area contributed by atoms with Gasteiger partial charge in [0.1, 0.15) is 0 Å². The molecule has 12 heteroatoms. The van der Waals surface area contributed by atoms with E-state index >= 15 is 0 Å². The largest absolute Gasteiger partial charge is 0.363 e. The molecule has 8 N–H and O–H groups in total. The van der Waals surface area contributed by atoms with Crippen molar-refractivity contribution >= 4 is 35.1 Å². The number of carbonyl (C=O) groups excluding carboxylic acids is 6. The lowest BCUT2D eigenvalue weighted by Gasteiger charge is -2.33. The molecule has 0 heterocycles. The van der Waals surface area contributed by atoms with Crippen LogP contribution in [-0.4, -0.2) is 75.9 Å². The van der Waals surface area contributed by atoms with Gasteiger partial charge in [-0.05, 0) is 100 Å². The molecule has 280 valence electrons. The Balaban J connectivity index is 0. The fourth-order valence-corrected chi connectivity index (χ4v) is 4.96. The maximum atomic E-state index is 12.0. The number of nitrogens with one attached hydrogen (secondary N) is 4. The highest BCUT2D eigenvalue weighted by molar-refractivity contribution is 6.38. The first-order valence-electron chi connectivity index (χ1n) is 17.3. The van der Waals surface area contributed by atoms with Crippen LogP contribution < -0.4 is 32.7 Å². The summed E-state index contributed by atoms with van der Waals surface area (Å²) in [6, 6.07) is -0.984. The van der Waals surface area contributed by atoms with Crippen LogP contribution in [0.1, 0.15) is 148 Å².